The van der Waals surface area contributed by atoms with E-state index >= 15 is 0 Å². The molecule has 0 saturated carbocycles. The molecule has 0 aromatic carbocycles. The number of urea groups is 1. The summed E-state index contributed by atoms with van der Waals surface area (Å²) in [6, 6.07) is 2.11. The van der Waals surface area contributed by atoms with Gasteiger partial charge in [0, 0.05) is 46.0 Å². The zero-order valence-electron chi connectivity index (χ0n) is 18.4. The quantitative estimate of drug-likeness (QED) is 0.722. The third kappa shape index (κ3) is 5.50. The van der Waals surface area contributed by atoms with Crippen LogP contribution in [0.15, 0.2) is 6.07 Å². The second kappa shape index (κ2) is 9.61. The van der Waals surface area contributed by atoms with E-state index in [-0.39, 0.29) is 24.5 Å². The number of rotatable bonds is 6. The van der Waals surface area contributed by atoms with Crippen LogP contribution in [0.3, 0.4) is 0 Å². The van der Waals surface area contributed by atoms with Gasteiger partial charge in [-0.1, -0.05) is 6.42 Å². The third-order valence-corrected chi connectivity index (χ3v) is 6.08. The maximum Gasteiger partial charge on any atom is 0.319 e. The zero-order valence-corrected chi connectivity index (χ0v) is 18.4. The topological polar surface area (TPSA) is 64.9 Å². The molecule has 1 aromatic heterocycles. The van der Waals surface area contributed by atoms with E-state index in [1.165, 1.54) is 19.3 Å². The van der Waals surface area contributed by atoms with Crippen LogP contribution < -0.4 is 0 Å². The molecule has 1 aromatic rings. The number of carbonyl (C=O) groups is 2. The van der Waals surface area contributed by atoms with Gasteiger partial charge in [-0.2, -0.15) is 5.10 Å². The van der Waals surface area contributed by atoms with Crippen LogP contribution in [0, 0.1) is 13.8 Å². The smallest absolute Gasteiger partial charge is 0.319 e. The lowest BCUT2D eigenvalue weighted by Gasteiger charge is -2.34. The van der Waals surface area contributed by atoms with E-state index < -0.39 is 0 Å². The minimum atomic E-state index is 0.0415. The van der Waals surface area contributed by atoms with Gasteiger partial charge in [-0.05, 0) is 52.3 Å². The Morgan fingerprint density at radius 1 is 1.14 bits per heavy atom. The van der Waals surface area contributed by atoms with Crippen LogP contribution in [0.4, 0.5) is 4.79 Å². The first-order valence-corrected chi connectivity index (χ1v) is 10.8. The molecule has 8 heteroatoms. The maximum atomic E-state index is 12.8. The fraction of sp³-hybridized carbons (Fsp3) is 0.762. The molecule has 1 atom stereocenters. The molecule has 2 saturated heterocycles. The van der Waals surface area contributed by atoms with Gasteiger partial charge in [-0.25, -0.2) is 4.79 Å². The number of nitrogens with zero attached hydrogens (tertiary/aromatic N) is 6. The molecule has 3 rings (SSSR count). The van der Waals surface area contributed by atoms with Crippen LogP contribution in [0.5, 0.6) is 0 Å². The Kier molecular flexibility index (Phi) is 7.16. The highest BCUT2D eigenvalue weighted by Gasteiger charge is 2.34. The fourth-order valence-electron chi connectivity index (χ4n) is 4.41. The highest BCUT2D eigenvalue weighted by atomic mass is 16.2. The van der Waals surface area contributed by atoms with Crippen molar-refractivity contribution in [3.8, 4) is 0 Å². The number of aromatic nitrogens is 2. The van der Waals surface area contributed by atoms with Crippen molar-refractivity contribution in [3.05, 3.63) is 17.5 Å². The molecule has 0 spiro atoms. The lowest BCUT2D eigenvalue weighted by Crippen LogP contribution is -2.50. The van der Waals surface area contributed by atoms with Gasteiger partial charge in [0.15, 0.2) is 0 Å². The molecule has 2 aliphatic heterocycles. The van der Waals surface area contributed by atoms with E-state index in [4.69, 9.17) is 0 Å². The van der Waals surface area contributed by atoms with Crippen LogP contribution in [0.25, 0.3) is 0 Å². The largest absolute Gasteiger partial charge is 0.339 e. The summed E-state index contributed by atoms with van der Waals surface area (Å²) in [5.74, 6) is 0.0759. The molecule has 2 aliphatic rings. The average Bonchev–Trinajstić information content (AvgIpc) is 3.29. The highest BCUT2D eigenvalue weighted by Crippen LogP contribution is 2.18. The molecule has 29 heavy (non-hydrogen) atoms. The first kappa shape index (κ1) is 21.6. The zero-order chi connectivity index (χ0) is 21.0. The number of hydrogen-bond acceptors (Lipinski definition) is 4. The monoisotopic (exact) mass is 404 g/mol. The molecule has 2 fully saturated rings. The molecule has 0 radical (unpaired) electrons. The van der Waals surface area contributed by atoms with Gasteiger partial charge >= 0.3 is 6.03 Å². The summed E-state index contributed by atoms with van der Waals surface area (Å²) >= 11 is 0. The number of amides is 3. The van der Waals surface area contributed by atoms with E-state index in [0.29, 0.717) is 13.1 Å². The van der Waals surface area contributed by atoms with Crippen molar-refractivity contribution in [2.45, 2.75) is 52.1 Å². The number of aryl methyl sites for hydroxylation is 2. The van der Waals surface area contributed by atoms with Crippen LogP contribution in [-0.4, -0.2) is 101 Å². The lowest BCUT2D eigenvalue weighted by atomic mass is 10.1. The van der Waals surface area contributed by atoms with Crippen LogP contribution in [0.2, 0.25) is 0 Å². The number of piperidine rings is 1. The SMILES string of the molecule is Cc1cc(C)n(CC(=O)N2CCC(N(CCN3CCCCC3)C(=O)N(C)C)C2)n1. The second-order valence-corrected chi connectivity index (χ2v) is 8.64. The van der Waals surface area contributed by atoms with Crippen molar-refractivity contribution in [3.63, 3.8) is 0 Å². The second-order valence-electron chi connectivity index (χ2n) is 8.64. The Bertz CT molecular complexity index is 710. The highest BCUT2D eigenvalue weighted by molar-refractivity contribution is 5.77. The normalized spacial score (nSPS) is 20.1. The Labute approximate surface area is 174 Å². The number of likely N-dealkylation sites (tertiary alicyclic amines) is 2. The van der Waals surface area contributed by atoms with Crippen LogP contribution >= 0.6 is 0 Å². The van der Waals surface area contributed by atoms with Crippen molar-refractivity contribution in [2.24, 2.45) is 0 Å². The predicted molar refractivity (Wildman–Crippen MR) is 113 cm³/mol. The number of hydrogen-bond donors (Lipinski definition) is 0. The molecule has 1 unspecified atom stereocenters. The summed E-state index contributed by atoms with van der Waals surface area (Å²) in [6.45, 7) is 9.37. The van der Waals surface area contributed by atoms with Crippen molar-refractivity contribution in [1.82, 2.24) is 29.4 Å². The summed E-state index contributed by atoms with van der Waals surface area (Å²) in [5.41, 5.74) is 1.92. The summed E-state index contributed by atoms with van der Waals surface area (Å²) in [7, 11) is 3.61. The molecule has 8 nitrogen and oxygen atoms in total. The molecule has 162 valence electrons. The fourth-order valence-corrected chi connectivity index (χ4v) is 4.41. The van der Waals surface area contributed by atoms with Gasteiger partial charge in [0.25, 0.3) is 0 Å². The average molecular weight is 405 g/mol. The number of carbonyl (C=O) groups excluding carboxylic acids is 2. The van der Waals surface area contributed by atoms with Gasteiger partial charge in [-0.15, -0.1) is 0 Å². The first-order chi connectivity index (χ1) is 13.8. The van der Waals surface area contributed by atoms with Gasteiger partial charge in [0.05, 0.1) is 11.7 Å². The van der Waals surface area contributed by atoms with E-state index in [9.17, 15) is 9.59 Å². The van der Waals surface area contributed by atoms with E-state index in [0.717, 1.165) is 44.0 Å². The predicted octanol–water partition coefficient (Wildman–Crippen LogP) is 1.57. The molecule has 3 amide bonds. The minimum absolute atomic E-state index is 0.0415. The summed E-state index contributed by atoms with van der Waals surface area (Å²) in [6.07, 6.45) is 4.65. The van der Waals surface area contributed by atoms with Crippen molar-refractivity contribution in [1.29, 1.82) is 0 Å². The lowest BCUT2D eigenvalue weighted by molar-refractivity contribution is -0.131. The molecule has 0 bridgehead atoms. The summed E-state index contributed by atoms with van der Waals surface area (Å²) in [4.78, 5) is 33.6. The third-order valence-electron chi connectivity index (χ3n) is 6.08. The van der Waals surface area contributed by atoms with Gasteiger partial charge < -0.3 is 19.6 Å². The Hall–Kier alpha value is -2.09. The molecular weight excluding hydrogens is 368 g/mol. The maximum absolute atomic E-state index is 12.8. The Balaban J connectivity index is 1.59. The Morgan fingerprint density at radius 2 is 1.86 bits per heavy atom. The molecule has 3 heterocycles. The Morgan fingerprint density at radius 3 is 2.48 bits per heavy atom. The van der Waals surface area contributed by atoms with Gasteiger partial charge in [0.2, 0.25) is 5.91 Å². The van der Waals surface area contributed by atoms with Crippen molar-refractivity contribution < 1.29 is 9.59 Å². The van der Waals surface area contributed by atoms with Gasteiger partial charge in [0.1, 0.15) is 6.54 Å². The summed E-state index contributed by atoms with van der Waals surface area (Å²) in [5, 5.41) is 4.40. The molecular formula is C21H36N6O2. The first-order valence-electron chi connectivity index (χ1n) is 10.8. The van der Waals surface area contributed by atoms with E-state index in [2.05, 4.69) is 10.00 Å². The molecule has 0 N–H and O–H groups in total. The van der Waals surface area contributed by atoms with Crippen molar-refractivity contribution >= 4 is 11.9 Å². The standard InChI is InChI=1S/C21H36N6O2/c1-17-14-18(2)27(22-17)16-20(28)25-11-8-19(15-25)26(21(29)23(3)4)13-12-24-9-6-5-7-10-24/h14,19H,5-13,15-16H2,1-4H3. The van der Waals surface area contributed by atoms with Crippen LogP contribution in [-0.2, 0) is 11.3 Å². The van der Waals surface area contributed by atoms with Crippen LogP contribution in [0.1, 0.15) is 37.1 Å². The summed E-state index contributed by atoms with van der Waals surface area (Å²) < 4.78 is 1.77. The van der Waals surface area contributed by atoms with Gasteiger partial charge in [-0.3, -0.25) is 9.48 Å². The molecule has 0 aliphatic carbocycles. The van der Waals surface area contributed by atoms with E-state index in [1.54, 1.807) is 23.7 Å². The van der Waals surface area contributed by atoms with Crippen molar-refractivity contribution in [2.75, 3.05) is 53.4 Å². The van der Waals surface area contributed by atoms with E-state index in [1.807, 2.05) is 29.7 Å². The minimum Gasteiger partial charge on any atom is -0.339 e.